The lowest BCUT2D eigenvalue weighted by atomic mass is 9.85. The van der Waals surface area contributed by atoms with E-state index < -0.39 is 0 Å². The first-order chi connectivity index (χ1) is 8.80. The molecule has 0 unspecified atom stereocenters. The van der Waals surface area contributed by atoms with Gasteiger partial charge in [0.2, 0.25) is 0 Å². The van der Waals surface area contributed by atoms with Gasteiger partial charge in [0.05, 0.1) is 30.5 Å². The number of isothiocyanates is 1. The molecule has 2 bridgehead atoms. The van der Waals surface area contributed by atoms with E-state index in [1.165, 1.54) is 55.5 Å². The minimum atomic E-state index is 0.908. The Morgan fingerprint density at radius 2 is 1.72 bits per heavy atom. The van der Waals surface area contributed by atoms with E-state index in [2.05, 4.69) is 34.5 Å². The number of nitrogens with zero attached hydrogens (tertiary/aromatic N) is 2. The lowest BCUT2D eigenvalue weighted by molar-refractivity contribution is -0.955. The van der Waals surface area contributed by atoms with E-state index in [0.717, 1.165) is 11.6 Å². The molecule has 0 aliphatic carbocycles. The van der Waals surface area contributed by atoms with Crippen LogP contribution in [-0.4, -0.2) is 29.3 Å². The van der Waals surface area contributed by atoms with Crippen LogP contribution in [0.1, 0.15) is 24.8 Å². The maximum atomic E-state index is 4.62. The number of fused-ring (bicyclic) bond motifs is 3. The highest BCUT2D eigenvalue weighted by Crippen LogP contribution is 2.35. The molecule has 0 atom stereocenters. The van der Waals surface area contributed by atoms with Crippen molar-refractivity contribution in [2.45, 2.75) is 25.8 Å². The van der Waals surface area contributed by atoms with Crippen molar-refractivity contribution in [1.82, 2.24) is 0 Å². The fourth-order valence-electron chi connectivity index (χ4n) is 3.49. The van der Waals surface area contributed by atoms with Crippen molar-refractivity contribution in [3.63, 3.8) is 0 Å². The van der Waals surface area contributed by atoms with Crippen LogP contribution in [0.4, 0.5) is 5.69 Å². The average Bonchev–Trinajstić information content (AvgIpc) is 2.43. The number of thiocarbonyl (C=S) groups is 1. The summed E-state index contributed by atoms with van der Waals surface area (Å²) in [5, 5.41) is 2.41. The average molecular weight is 259 g/mol. The fourth-order valence-corrected chi connectivity index (χ4v) is 3.60. The normalized spacial score (nSPS) is 29.9. The van der Waals surface area contributed by atoms with Crippen LogP contribution in [0.2, 0.25) is 0 Å². The van der Waals surface area contributed by atoms with Gasteiger partial charge < -0.3 is 4.48 Å². The molecule has 0 saturated carbocycles. The molecule has 0 amide bonds. The number of aliphatic imine (C=N–C) groups is 1. The van der Waals surface area contributed by atoms with E-state index in [-0.39, 0.29) is 0 Å². The Balaban J connectivity index is 1.73. The van der Waals surface area contributed by atoms with Gasteiger partial charge in [-0.25, -0.2) is 0 Å². The van der Waals surface area contributed by atoms with Crippen LogP contribution in [-0.2, 0) is 6.54 Å². The van der Waals surface area contributed by atoms with E-state index >= 15 is 0 Å². The van der Waals surface area contributed by atoms with Crippen molar-refractivity contribution < 1.29 is 4.48 Å². The summed E-state index contributed by atoms with van der Waals surface area (Å²) in [5.41, 5.74) is 2.34. The SMILES string of the molecule is S=C=Nc1ccc(C[N+]23CCC(CC2)CC3)cc1. The Hall–Kier alpha value is -1.02. The van der Waals surface area contributed by atoms with Crippen molar-refractivity contribution in [2.75, 3.05) is 19.6 Å². The predicted octanol–water partition coefficient (Wildman–Crippen LogP) is 3.55. The van der Waals surface area contributed by atoms with E-state index in [1.807, 2.05) is 12.1 Å². The third-order valence-electron chi connectivity index (χ3n) is 4.66. The molecule has 2 nitrogen and oxygen atoms in total. The van der Waals surface area contributed by atoms with E-state index in [1.54, 1.807) is 0 Å². The highest BCUT2D eigenvalue weighted by molar-refractivity contribution is 7.78. The topological polar surface area (TPSA) is 12.4 Å². The Bertz CT molecular complexity index is 452. The summed E-state index contributed by atoms with van der Waals surface area (Å²) < 4.78 is 1.31. The highest BCUT2D eigenvalue weighted by Gasteiger charge is 2.39. The molecule has 3 heteroatoms. The third kappa shape index (κ3) is 2.39. The summed E-state index contributed by atoms with van der Waals surface area (Å²) in [5.74, 6) is 1.03. The van der Waals surface area contributed by atoms with E-state index in [0.29, 0.717) is 0 Å². The molecule has 1 aromatic rings. The van der Waals surface area contributed by atoms with E-state index in [9.17, 15) is 0 Å². The first-order valence-corrected chi connectivity index (χ1v) is 7.22. The van der Waals surface area contributed by atoms with Gasteiger partial charge >= 0.3 is 0 Å². The Morgan fingerprint density at radius 1 is 1.11 bits per heavy atom. The Kier molecular flexibility index (Phi) is 3.29. The van der Waals surface area contributed by atoms with Crippen molar-refractivity contribution in [3.05, 3.63) is 29.8 Å². The second-order valence-corrected chi connectivity index (χ2v) is 5.95. The van der Waals surface area contributed by atoms with Crippen molar-refractivity contribution in [2.24, 2.45) is 10.9 Å². The van der Waals surface area contributed by atoms with Crippen LogP contribution in [0.5, 0.6) is 0 Å². The van der Waals surface area contributed by atoms with Crippen LogP contribution >= 0.6 is 12.2 Å². The number of piperidine rings is 3. The number of quaternary nitrogens is 1. The van der Waals surface area contributed by atoms with Crippen LogP contribution in [0.25, 0.3) is 0 Å². The van der Waals surface area contributed by atoms with Crippen molar-refractivity contribution in [1.29, 1.82) is 0 Å². The second-order valence-electron chi connectivity index (χ2n) is 5.77. The molecule has 1 aromatic carbocycles. The van der Waals surface area contributed by atoms with Gasteiger partial charge in [-0.15, -0.1) is 0 Å². The summed E-state index contributed by atoms with van der Waals surface area (Å²) in [7, 11) is 0. The van der Waals surface area contributed by atoms with Gasteiger partial charge in [0.1, 0.15) is 6.54 Å². The van der Waals surface area contributed by atoms with Crippen molar-refractivity contribution in [3.8, 4) is 0 Å². The van der Waals surface area contributed by atoms with Crippen LogP contribution in [0, 0.1) is 5.92 Å². The van der Waals surface area contributed by atoms with Gasteiger partial charge in [-0.05, 0) is 49.5 Å². The molecule has 0 radical (unpaired) electrons. The molecule has 3 saturated heterocycles. The lowest BCUT2D eigenvalue weighted by Crippen LogP contribution is -2.57. The highest BCUT2D eigenvalue weighted by atomic mass is 32.1. The largest absolute Gasteiger partial charge is 0.320 e. The predicted molar refractivity (Wildman–Crippen MR) is 77.0 cm³/mol. The molecule has 0 N–H and O–H groups in total. The fraction of sp³-hybridized carbons (Fsp3) is 0.533. The molecule has 18 heavy (non-hydrogen) atoms. The van der Waals surface area contributed by atoms with Gasteiger partial charge in [0, 0.05) is 5.56 Å². The number of hydrogen-bond acceptors (Lipinski definition) is 2. The maximum Gasteiger partial charge on any atom is 0.104 e. The molecule has 3 aliphatic heterocycles. The summed E-state index contributed by atoms with van der Waals surface area (Å²) >= 11 is 4.62. The minimum Gasteiger partial charge on any atom is -0.320 e. The van der Waals surface area contributed by atoms with Crippen LogP contribution in [0.15, 0.2) is 29.3 Å². The molecular weight excluding hydrogens is 240 g/mol. The summed E-state index contributed by atoms with van der Waals surface area (Å²) in [6.45, 7) is 5.33. The van der Waals surface area contributed by atoms with Gasteiger partial charge in [-0.2, -0.15) is 4.99 Å². The van der Waals surface area contributed by atoms with Crippen molar-refractivity contribution >= 4 is 23.1 Å². The molecule has 4 rings (SSSR count). The molecule has 0 spiro atoms. The van der Waals surface area contributed by atoms with Gasteiger partial charge in [-0.1, -0.05) is 12.1 Å². The summed E-state index contributed by atoms with van der Waals surface area (Å²) in [6.07, 6.45) is 4.31. The molecule has 3 aliphatic rings. The molecule has 94 valence electrons. The molecule has 3 fully saturated rings. The monoisotopic (exact) mass is 259 g/mol. The lowest BCUT2D eigenvalue weighted by Gasteiger charge is -2.49. The zero-order valence-corrected chi connectivity index (χ0v) is 11.5. The molecule has 0 aromatic heterocycles. The van der Waals surface area contributed by atoms with Gasteiger partial charge in [0.25, 0.3) is 0 Å². The molecule has 3 heterocycles. The van der Waals surface area contributed by atoms with Crippen LogP contribution < -0.4 is 0 Å². The Labute approximate surface area is 114 Å². The quantitative estimate of drug-likeness (QED) is 0.459. The first kappa shape index (κ1) is 12.0. The maximum absolute atomic E-state index is 4.62. The number of hydrogen-bond donors (Lipinski definition) is 0. The zero-order chi connectivity index (χ0) is 12.4. The molecular formula is C15H19N2S+. The minimum absolute atomic E-state index is 0.908. The first-order valence-electron chi connectivity index (χ1n) is 6.82. The van der Waals surface area contributed by atoms with Crippen LogP contribution in [0.3, 0.4) is 0 Å². The smallest absolute Gasteiger partial charge is 0.104 e. The zero-order valence-electron chi connectivity index (χ0n) is 10.6. The third-order valence-corrected chi connectivity index (χ3v) is 4.76. The standard InChI is InChI=1S/C15H19N2S/c18-12-16-15-3-1-14(2-4-15)11-17-8-5-13(6-9-17)7-10-17/h1-4,13H,5-11H2/q+1. The van der Waals surface area contributed by atoms with Gasteiger partial charge in [0.15, 0.2) is 0 Å². The van der Waals surface area contributed by atoms with Gasteiger partial charge in [-0.3, -0.25) is 0 Å². The second kappa shape index (κ2) is 4.93. The Morgan fingerprint density at radius 3 is 2.28 bits per heavy atom. The van der Waals surface area contributed by atoms with E-state index in [4.69, 9.17) is 0 Å². The summed E-state index contributed by atoms with van der Waals surface area (Å²) in [4.78, 5) is 4.00. The summed E-state index contributed by atoms with van der Waals surface area (Å²) in [6, 6.07) is 8.48. The number of rotatable bonds is 3. The number of benzene rings is 1.